The van der Waals surface area contributed by atoms with Crippen molar-refractivity contribution in [3.05, 3.63) is 24.3 Å². The van der Waals surface area contributed by atoms with Crippen LogP contribution in [0, 0.1) is 0 Å². The first-order valence-corrected chi connectivity index (χ1v) is 9.66. The van der Waals surface area contributed by atoms with Gasteiger partial charge in [-0.05, 0) is 43.5 Å². The summed E-state index contributed by atoms with van der Waals surface area (Å²) >= 11 is 0. The lowest BCUT2D eigenvalue weighted by Gasteiger charge is -2.23. The van der Waals surface area contributed by atoms with Crippen molar-refractivity contribution >= 4 is 21.6 Å². The molecule has 1 saturated heterocycles. The van der Waals surface area contributed by atoms with Crippen LogP contribution in [0.4, 0.5) is 5.69 Å². The van der Waals surface area contributed by atoms with E-state index in [2.05, 4.69) is 10.0 Å². The third kappa shape index (κ3) is 5.93. The Morgan fingerprint density at radius 1 is 1.13 bits per heavy atom. The van der Waals surface area contributed by atoms with Gasteiger partial charge in [-0.3, -0.25) is 4.79 Å². The Morgan fingerprint density at radius 2 is 1.78 bits per heavy atom. The van der Waals surface area contributed by atoms with Gasteiger partial charge in [0, 0.05) is 25.6 Å². The van der Waals surface area contributed by atoms with Gasteiger partial charge in [-0.25, -0.2) is 13.1 Å². The molecule has 7 heteroatoms. The monoisotopic (exact) mass is 340 g/mol. The van der Waals surface area contributed by atoms with E-state index in [0.717, 1.165) is 13.0 Å². The van der Waals surface area contributed by atoms with E-state index < -0.39 is 10.0 Å². The lowest BCUT2D eigenvalue weighted by molar-refractivity contribution is -0.904. The number of sulfonamides is 1. The van der Waals surface area contributed by atoms with Crippen molar-refractivity contribution < 1.29 is 18.1 Å². The van der Waals surface area contributed by atoms with E-state index >= 15 is 0 Å². The molecular weight excluding hydrogens is 314 g/mol. The molecule has 0 radical (unpaired) electrons. The lowest BCUT2D eigenvalue weighted by Crippen LogP contribution is -3.12. The summed E-state index contributed by atoms with van der Waals surface area (Å²) in [6.07, 6.45) is 4.73. The summed E-state index contributed by atoms with van der Waals surface area (Å²) in [5, 5.41) is 2.62. The second-order valence-corrected chi connectivity index (χ2v) is 7.78. The van der Waals surface area contributed by atoms with Crippen molar-refractivity contribution in [2.24, 2.45) is 0 Å². The Hall–Kier alpha value is -1.44. The largest absolute Gasteiger partial charge is 0.335 e. The van der Waals surface area contributed by atoms with Crippen LogP contribution in [0.1, 0.15) is 32.6 Å². The molecule has 0 unspecified atom stereocenters. The summed E-state index contributed by atoms with van der Waals surface area (Å²) in [6, 6.07) is 6.19. The van der Waals surface area contributed by atoms with Crippen LogP contribution in [0.5, 0.6) is 0 Å². The number of benzene rings is 1. The molecule has 1 aromatic carbocycles. The highest BCUT2D eigenvalue weighted by molar-refractivity contribution is 7.89. The number of anilines is 1. The zero-order valence-corrected chi connectivity index (χ0v) is 14.4. The highest BCUT2D eigenvalue weighted by Crippen LogP contribution is 2.13. The van der Waals surface area contributed by atoms with Gasteiger partial charge in [0.05, 0.1) is 24.5 Å². The maximum Gasteiger partial charge on any atom is 0.240 e. The fourth-order valence-electron chi connectivity index (χ4n) is 2.85. The van der Waals surface area contributed by atoms with Crippen LogP contribution in [-0.2, 0) is 14.8 Å². The topological polar surface area (TPSA) is 79.7 Å². The molecule has 0 spiro atoms. The second-order valence-electron chi connectivity index (χ2n) is 6.02. The zero-order chi connectivity index (χ0) is 16.7. The first kappa shape index (κ1) is 17.9. The molecule has 1 heterocycles. The molecule has 0 aliphatic carbocycles. The summed E-state index contributed by atoms with van der Waals surface area (Å²) in [4.78, 5) is 12.8. The number of carbonyl (C=O) groups is 1. The molecule has 2 rings (SSSR count). The molecular formula is C16H26N3O3S+. The van der Waals surface area contributed by atoms with E-state index in [4.69, 9.17) is 0 Å². The molecule has 0 bridgehead atoms. The molecule has 3 N–H and O–H groups in total. The minimum absolute atomic E-state index is 0.182. The number of hydrogen-bond donors (Lipinski definition) is 3. The van der Waals surface area contributed by atoms with Gasteiger partial charge in [-0.2, -0.15) is 0 Å². The van der Waals surface area contributed by atoms with Gasteiger partial charge in [0.2, 0.25) is 15.9 Å². The molecule has 23 heavy (non-hydrogen) atoms. The van der Waals surface area contributed by atoms with Gasteiger partial charge in [0.25, 0.3) is 0 Å². The molecule has 1 aliphatic heterocycles. The van der Waals surface area contributed by atoms with Gasteiger partial charge < -0.3 is 10.2 Å². The number of piperidine rings is 1. The third-order valence-electron chi connectivity index (χ3n) is 4.04. The zero-order valence-electron chi connectivity index (χ0n) is 13.6. The Bertz CT molecular complexity index is 608. The standard InChI is InChI=1S/C16H25N3O3S/c1-14(20)18-15-6-8-16(9-7-15)23(21,22)17-10-5-13-19-11-3-2-4-12-19/h6-9,17H,2-5,10-13H2,1H3,(H,18,20)/p+1. The van der Waals surface area contributed by atoms with Crippen molar-refractivity contribution in [1.29, 1.82) is 0 Å². The molecule has 1 fully saturated rings. The van der Waals surface area contributed by atoms with Gasteiger partial charge in [0.15, 0.2) is 0 Å². The molecule has 0 saturated carbocycles. The van der Waals surface area contributed by atoms with Crippen molar-refractivity contribution in [2.45, 2.75) is 37.5 Å². The summed E-state index contributed by atoms with van der Waals surface area (Å²) in [5.41, 5.74) is 0.588. The fourth-order valence-corrected chi connectivity index (χ4v) is 3.92. The van der Waals surface area contributed by atoms with E-state index in [1.54, 1.807) is 17.0 Å². The van der Waals surface area contributed by atoms with E-state index in [1.165, 1.54) is 51.4 Å². The number of hydrogen-bond acceptors (Lipinski definition) is 3. The molecule has 1 aromatic rings. The lowest BCUT2D eigenvalue weighted by atomic mass is 10.1. The average Bonchev–Trinajstić information content (AvgIpc) is 2.53. The Morgan fingerprint density at radius 3 is 2.39 bits per heavy atom. The van der Waals surface area contributed by atoms with E-state index in [9.17, 15) is 13.2 Å². The molecule has 1 aliphatic rings. The SMILES string of the molecule is CC(=O)Nc1ccc(S(=O)(=O)NCCC[NH+]2CCCCC2)cc1. The maximum atomic E-state index is 12.2. The van der Waals surface area contributed by atoms with Crippen molar-refractivity contribution in [1.82, 2.24) is 4.72 Å². The van der Waals surface area contributed by atoms with Crippen molar-refractivity contribution in [3.63, 3.8) is 0 Å². The molecule has 6 nitrogen and oxygen atoms in total. The third-order valence-corrected chi connectivity index (χ3v) is 5.52. The van der Waals surface area contributed by atoms with E-state index in [-0.39, 0.29) is 10.8 Å². The second kappa shape index (κ2) is 8.42. The summed E-state index contributed by atoms with van der Waals surface area (Å²) in [5.74, 6) is -0.182. The van der Waals surface area contributed by atoms with E-state index in [0.29, 0.717) is 12.2 Å². The quantitative estimate of drug-likeness (QED) is 0.628. The van der Waals surface area contributed by atoms with Gasteiger partial charge in [-0.15, -0.1) is 0 Å². The van der Waals surface area contributed by atoms with Crippen molar-refractivity contribution in [2.75, 3.05) is 31.5 Å². The molecule has 1 amide bonds. The Balaban J connectivity index is 1.80. The first-order valence-electron chi connectivity index (χ1n) is 8.18. The average molecular weight is 340 g/mol. The van der Waals surface area contributed by atoms with Gasteiger partial charge in [-0.1, -0.05) is 0 Å². The summed E-state index contributed by atoms with van der Waals surface area (Å²) in [7, 11) is -3.48. The van der Waals surface area contributed by atoms with Crippen LogP contribution in [-0.4, -0.2) is 40.5 Å². The number of likely N-dealkylation sites (tertiary alicyclic amines) is 1. The van der Waals surface area contributed by atoms with Crippen LogP contribution >= 0.6 is 0 Å². The van der Waals surface area contributed by atoms with Crippen LogP contribution in [0.15, 0.2) is 29.2 Å². The van der Waals surface area contributed by atoms with Gasteiger partial charge in [0.1, 0.15) is 0 Å². The Labute approximate surface area is 138 Å². The molecule has 0 aromatic heterocycles. The van der Waals surface area contributed by atoms with Crippen LogP contribution < -0.4 is 14.9 Å². The smallest absolute Gasteiger partial charge is 0.240 e. The van der Waals surface area contributed by atoms with Crippen molar-refractivity contribution in [3.8, 4) is 0 Å². The normalized spacial score (nSPS) is 16.2. The van der Waals surface area contributed by atoms with E-state index in [1.807, 2.05) is 0 Å². The summed E-state index contributed by atoms with van der Waals surface area (Å²) in [6.45, 7) is 5.30. The number of quaternary nitrogens is 1. The number of amides is 1. The number of nitrogens with one attached hydrogen (secondary N) is 3. The fraction of sp³-hybridized carbons (Fsp3) is 0.562. The first-order chi connectivity index (χ1) is 11.0. The predicted molar refractivity (Wildman–Crippen MR) is 90.0 cm³/mol. The predicted octanol–water partition coefficient (Wildman–Crippen LogP) is 0.382. The van der Waals surface area contributed by atoms with Gasteiger partial charge >= 0.3 is 0 Å². The number of carbonyl (C=O) groups excluding carboxylic acids is 1. The van der Waals surface area contributed by atoms with Crippen LogP contribution in [0.25, 0.3) is 0 Å². The minimum Gasteiger partial charge on any atom is -0.335 e. The maximum absolute atomic E-state index is 12.2. The highest BCUT2D eigenvalue weighted by Gasteiger charge is 2.15. The molecule has 128 valence electrons. The summed E-state index contributed by atoms with van der Waals surface area (Å²) < 4.78 is 27.1. The minimum atomic E-state index is -3.48. The van der Waals surface area contributed by atoms with Crippen LogP contribution in [0.3, 0.4) is 0 Å². The Kier molecular flexibility index (Phi) is 6.56. The molecule has 0 atom stereocenters. The van der Waals surface area contributed by atoms with Crippen LogP contribution in [0.2, 0.25) is 0 Å². The number of rotatable bonds is 7. The highest BCUT2D eigenvalue weighted by atomic mass is 32.2.